The molecule has 4 rings (SSSR count). The molecule has 36 heavy (non-hydrogen) atoms. The largest absolute Gasteiger partial charge is 0.488 e. The van der Waals surface area contributed by atoms with E-state index < -0.39 is 6.09 Å². The molecule has 3 aromatic heterocycles. The average molecular weight is 516 g/mol. The van der Waals surface area contributed by atoms with Gasteiger partial charge in [-0.3, -0.25) is 4.79 Å². The molecule has 11 nitrogen and oxygen atoms in total. The zero-order chi connectivity index (χ0) is 26.0. The summed E-state index contributed by atoms with van der Waals surface area (Å²) in [5.41, 5.74) is 0.847. The third-order valence-corrected chi connectivity index (χ3v) is 7.38. The van der Waals surface area contributed by atoms with Gasteiger partial charge < -0.3 is 25.4 Å². The smallest absolute Gasteiger partial charge is 0.404 e. The van der Waals surface area contributed by atoms with Gasteiger partial charge in [0.15, 0.2) is 23.1 Å². The lowest BCUT2D eigenvalue weighted by atomic mass is 9.88. The standard InChI is InChI=1S/C24H33N7O4S/c1-6-35-18-17(21(32)30-9-7-15(8-10-30)27-23(33)34)28-19(16-13-25-31-11-12-36-22(16)31)29-20(18)26-14(2)24(3,4)5/h11-15,27H,6-10H2,1-5H3,(H,33,34)(H,26,28,29)/t14-/m1/s1. The zero-order valence-electron chi connectivity index (χ0n) is 21.2. The second kappa shape index (κ2) is 10.3. The van der Waals surface area contributed by atoms with Gasteiger partial charge in [0.25, 0.3) is 5.91 Å². The molecule has 1 aliphatic heterocycles. The maximum absolute atomic E-state index is 13.8. The molecule has 1 fully saturated rings. The molecule has 4 heterocycles. The average Bonchev–Trinajstić information content (AvgIpc) is 3.43. The number of carbonyl (C=O) groups is 2. The summed E-state index contributed by atoms with van der Waals surface area (Å²) in [4.78, 5) is 36.9. The zero-order valence-corrected chi connectivity index (χ0v) is 22.1. The summed E-state index contributed by atoms with van der Waals surface area (Å²) in [5.74, 6) is 0.913. The number of anilines is 1. The van der Waals surface area contributed by atoms with Crippen molar-refractivity contribution in [2.75, 3.05) is 25.0 Å². The molecule has 194 valence electrons. The number of rotatable bonds is 7. The molecule has 0 aromatic carbocycles. The highest BCUT2D eigenvalue weighted by Gasteiger charge is 2.31. The highest BCUT2D eigenvalue weighted by Crippen LogP contribution is 2.35. The molecule has 0 bridgehead atoms. The molecule has 3 aromatic rings. The summed E-state index contributed by atoms with van der Waals surface area (Å²) in [6.45, 7) is 11.5. The SMILES string of the molecule is CCOc1c(N[C@H](C)C(C)(C)C)nc(-c2cnn3ccsc23)nc1C(=O)N1CCC(NC(=O)O)CC1. The molecule has 1 atom stereocenters. The molecule has 0 aliphatic carbocycles. The van der Waals surface area contributed by atoms with E-state index in [1.165, 1.54) is 11.3 Å². The molecule has 3 N–H and O–H groups in total. The van der Waals surface area contributed by atoms with Gasteiger partial charge in [0.2, 0.25) is 0 Å². The Bertz CT molecular complexity index is 1240. The van der Waals surface area contributed by atoms with E-state index in [0.717, 1.165) is 10.4 Å². The van der Waals surface area contributed by atoms with Crippen molar-refractivity contribution in [2.45, 2.75) is 59.5 Å². The molecule has 2 amide bonds. The van der Waals surface area contributed by atoms with Crippen LogP contribution >= 0.6 is 11.3 Å². The highest BCUT2D eigenvalue weighted by molar-refractivity contribution is 7.16. The minimum atomic E-state index is -1.05. The van der Waals surface area contributed by atoms with Crippen molar-refractivity contribution in [3.8, 4) is 17.1 Å². The Labute approximate surface area is 213 Å². The summed E-state index contributed by atoms with van der Waals surface area (Å²) >= 11 is 1.52. The first-order valence-electron chi connectivity index (χ1n) is 12.1. The van der Waals surface area contributed by atoms with Crippen molar-refractivity contribution < 1.29 is 19.4 Å². The van der Waals surface area contributed by atoms with Gasteiger partial charge in [0.1, 0.15) is 4.83 Å². The van der Waals surface area contributed by atoms with Crippen molar-refractivity contribution in [2.24, 2.45) is 5.41 Å². The Morgan fingerprint density at radius 1 is 1.28 bits per heavy atom. The van der Waals surface area contributed by atoms with E-state index >= 15 is 0 Å². The van der Waals surface area contributed by atoms with Crippen LogP contribution in [0.4, 0.5) is 10.6 Å². The Morgan fingerprint density at radius 2 is 2.00 bits per heavy atom. The van der Waals surface area contributed by atoms with Crippen molar-refractivity contribution in [3.05, 3.63) is 23.5 Å². The molecule has 0 spiro atoms. The number of hydrogen-bond acceptors (Lipinski definition) is 8. The van der Waals surface area contributed by atoms with Gasteiger partial charge in [-0.1, -0.05) is 20.8 Å². The molecule has 0 saturated carbocycles. The molecular weight excluding hydrogens is 482 g/mol. The second-order valence-corrected chi connectivity index (χ2v) is 10.9. The lowest BCUT2D eigenvalue weighted by Gasteiger charge is -2.32. The van der Waals surface area contributed by atoms with Gasteiger partial charge in [0.05, 0.1) is 18.4 Å². The van der Waals surface area contributed by atoms with Gasteiger partial charge in [-0.25, -0.2) is 19.3 Å². The fourth-order valence-electron chi connectivity index (χ4n) is 3.95. The van der Waals surface area contributed by atoms with Crippen molar-refractivity contribution in [1.82, 2.24) is 29.8 Å². The Balaban J connectivity index is 1.76. The minimum absolute atomic E-state index is 0.0224. The van der Waals surface area contributed by atoms with Crippen LogP contribution in [-0.2, 0) is 0 Å². The van der Waals surface area contributed by atoms with Gasteiger partial charge in [0, 0.05) is 36.8 Å². The number of amides is 2. The van der Waals surface area contributed by atoms with Crippen LogP contribution in [0.25, 0.3) is 16.2 Å². The molecule has 1 aliphatic rings. The number of likely N-dealkylation sites (tertiary alicyclic amines) is 1. The topological polar surface area (TPSA) is 134 Å². The maximum Gasteiger partial charge on any atom is 0.404 e. The Morgan fingerprint density at radius 3 is 2.64 bits per heavy atom. The van der Waals surface area contributed by atoms with Gasteiger partial charge in [-0.2, -0.15) is 5.10 Å². The number of aromatic nitrogens is 4. The van der Waals surface area contributed by atoms with Crippen LogP contribution in [0.1, 0.15) is 57.9 Å². The van der Waals surface area contributed by atoms with Crippen molar-refractivity contribution in [3.63, 3.8) is 0 Å². The minimum Gasteiger partial charge on any atom is -0.488 e. The third kappa shape index (κ3) is 5.38. The summed E-state index contributed by atoms with van der Waals surface area (Å²) < 4.78 is 7.73. The molecule has 0 unspecified atom stereocenters. The van der Waals surface area contributed by atoms with Gasteiger partial charge in [-0.05, 0) is 32.1 Å². The number of ether oxygens (including phenoxy) is 1. The number of fused-ring (bicyclic) bond motifs is 1. The van der Waals surface area contributed by atoms with Crippen molar-refractivity contribution in [1.29, 1.82) is 0 Å². The highest BCUT2D eigenvalue weighted by atomic mass is 32.1. The van der Waals surface area contributed by atoms with Crippen LogP contribution in [0.5, 0.6) is 5.75 Å². The quantitative estimate of drug-likeness (QED) is 0.430. The normalized spacial score (nSPS) is 15.6. The second-order valence-electron chi connectivity index (χ2n) is 9.97. The number of carboxylic acid groups (broad SMARTS) is 1. The van der Waals surface area contributed by atoms with Crippen LogP contribution in [0, 0.1) is 5.41 Å². The van der Waals surface area contributed by atoms with Crippen LogP contribution in [0.3, 0.4) is 0 Å². The van der Waals surface area contributed by atoms with E-state index in [1.54, 1.807) is 15.6 Å². The monoisotopic (exact) mass is 515 g/mol. The van der Waals surface area contributed by atoms with Crippen LogP contribution in [-0.4, -0.2) is 73.4 Å². The molecular formula is C24H33N7O4S. The lowest BCUT2D eigenvalue weighted by Crippen LogP contribution is -2.46. The molecule has 0 radical (unpaired) electrons. The predicted octanol–water partition coefficient (Wildman–Crippen LogP) is 3.97. The van der Waals surface area contributed by atoms with E-state index in [4.69, 9.17) is 19.8 Å². The van der Waals surface area contributed by atoms with Crippen LogP contribution in [0.15, 0.2) is 17.8 Å². The van der Waals surface area contributed by atoms with Crippen LogP contribution < -0.4 is 15.4 Å². The van der Waals surface area contributed by atoms with Gasteiger partial charge >= 0.3 is 6.09 Å². The van der Waals surface area contributed by atoms with Crippen LogP contribution in [0.2, 0.25) is 0 Å². The van der Waals surface area contributed by atoms with Crippen molar-refractivity contribution >= 4 is 34.0 Å². The third-order valence-electron chi connectivity index (χ3n) is 6.49. The fraction of sp³-hybridized carbons (Fsp3) is 0.542. The first-order valence-corrected chi connectivity index (χ1v) is 13.0. The van der Waals surface area contributed by atoms with E-state index in [1.807, 2.05) is 18.5 Å². The molecule has 12 heteroatoms. The fourth-order valence-corrected chi connectivity index (χ4v) is 4.74. The number of nitrogens with one attached hydrogen (secondary N) is 2. The van der Waals surface area contributed by atoms with Gasteiger partial charge in [-0.15, -0.1) is 11.3 Å². The Kier molecular flexibility index (Phi) is 7.34. The Hall–Kier alpha value is -3.41. The van der Waals surface area contributed by atoms with E-state index in [9.17, 15) is 9.59 Å². The number of piperidine rings is 1. The summed E-state index contributed by atoms with van der Waals surface area (Å²) in [6, 6.07) is -0.155. The maximum atomic E-state index is 13.8. The predicted molar refractivity (Wildman–Crippen MR) is 138 cm³/mol. The van der Waals surface area contributed by atoms with E-state index in [0.29, 0.717) is 49.9 Å². The first-order chi connectivity index (χ1) is 17.1. The number of thiazole rings is 1. The summed E-state index contributed by atoms with van der Waals surface area (Å²) in [7, 11) is 0. The number of nitrogens with zero attached hydrogens (tertiary/aromatic N) is 5. The first kappa shape index (κ1) is 25.7. The van der Waals surface area contributed by atoms with E-state index in [-0.39, 0.29) is 29.1 Å². The summed E-state index contributed by atoms with van der Waals surface area (Å²) in [6.07, 6.45) is 3.58. The summed E-state index contributed by atoms with van der Waals surface area (Å²) in [5, 5.41) is 21.3. The molecule has 1 saturated heterocycles. The lowest BCUT2D eigenvalue weighted by molar-refractivity contribution is 0.0695. The van der Waals surface area contributed by atoms with E-state index in [2.05, 4.69) is 43.4 Å². The number of carbonyl (C=O) groups excluding carboxylic acids is 1. The number of hydrogen-bond donors (Lipinski definition) is 3.